The summed E-state index contributed by atoms with van der Waals surface area (Å²) in [6.07, 6.45) is -3.17. The molecule has 194 valence electrons. The van der Waals surface area contributed by atoms with Gasteiger partial charge in [-0.05, 0) is 26.7 Å². The van der Waals surface area contributed by atoms with Crippen LogP contribution in [0, 0.1) is 0 Å². The van der Waals surface area contributed by atoms with E-state index >= 15 is 0 Å². The predicted molar refractivity (Wildman–Crippen MR) is 118 cm³/mol. The second-order valence-corrected chi connectivity index (χ2v) is 7.58. The van der Waals surface area contributed by atoms with Crippen LogP contribution in [0.25, 0.3) is 0 Å². The van der Waals surface area contributed by atoms with Crippen molar-refractivity contribution in [1.29, 1.82) is 0 Å². The average Bonchev–Trinajstić information content (AvgIpc) is 2.70. The van der Waals surface area contributed by atoms with Gasteiger partial charge in [0, 0.05) is 6.54 Å². The first-order valence-corrected chi connectivity index (χ1v) is 10.3. The summed E-state index contributed by atoms with van der Waals surface area (Å²) in [6.45, 7) is 2.47. The van der Waals surface area contributed by atoms with Crippen molar-refractivity contribution < 1.29 is 39.3 Å². The smallest absolute Gasteiger partial charge is 0.328 e. The van der Waals surface area contributed by atoms with Gasteiger partial charge in [0.2, 0.25) is 23.6 Å². The highest BCUT2D eigenvalue weighted by atomic mass is 16.4. The molecule has 34 heavy (non-hydrogen) atoms. The zero-order chi connectivity index (χ0) is 26.6. The Morgan fingerprint density at radius 3 is 1.82 bits per heavy atom. The van der Waals surface area contributed by atoms with Gasteiger partial charge < -0.3 is 54.2 Å². The molecule has 0 radical (unpaired) electrons. The highest BCUT2D eigenvalue weighted by Gasteiger charge is 2.34. The first kappa shape index (κ1) is 30.5. The van der Waals surface area contributed by atoms with Crippen molar-refractivity contribution in [2.75, 3.05) is 6.54 Å². The summed E-state index contributed by atoms with van der Waals surface area (Å²) in [4.78, 5) is 63.7. The number of carboxylic acid groups (broad SMARTS) is 1. The number of nitrogens with one attached hydrogen (secondary N) is 3. The summed E-state index contributed by atoms with van der Waals surface area (Å²) in [5.74, 6) is -5.63. The molecule has 0 saturated carbocycles. The van der Waals surface area contributed by atoms with Gasteiger partial charge in [0.15, 0.2) is 12.0 Å². The Kier molecular flexibility index (Phi) is 13.1. The first-order chi connectivity index (χ1) is 15.7. The number of carbonyl (C=O) groups excluding carboxylic acids is 4. The molecule has 0 spiro atoms. The molecule has 16 heteroatoms. The van der Waals surface area contributed by atoms with Crippen LogP contribution in [-0.2, 0) is 24.0 Å². The fourth-order valence-electron chi connectivity index (χ4n) is 2.63. The normalized spacial score (nSPS) is 16.0. The molecule has 14 N–H and O–H groups in total. The summed E-state index contributed by atoms with van der Waals surface area (Å²) in [5, 5.41) is 34.9. The lowest BCUT2D eigenvalue weighted by Gasteiger charge is -2.26. The van der Waals surface area contributed by atoms with E-state index in [4.69, 9.17) is 28.0 Å². The molecule has 0 aromatic rings. The second-order valence-electron chi connectivity index (χ2n) is 7.58. The summed E-state index contributed by atoms with van der Waals surface area (Å²) in [5.41, 5.74) is 21.3. The van der Waals surface area contributed by atoms with E-state index in [1.54, 1.807) is 0 Å². The minimum Gasteiger partial charge on any atom is -0.480 e. The number of nitrogens with two attached hydrogens (primary N) is 4. The molecule has 0 rings (SSSR count). The number of primary amides is 1. The minimum absolute atomic E-state index is 0.129. The molecular formula is C18H34N8O8. The van der Waals surface area contributed by atoms with E-state index in [2.05, 4.69) is 15.6 Å². The highest BCUT2D eigenvalue weighted by Crippen LogP contribution is 2.03. The zero-order valence-electron chi connectivity index (χ0n) is 18.9. The summed E-state index contributed by atoms with van der Waals surface area (Å²) < 4.78 is 0. The van der Waals surface area contributed by atoms with Crippen molar-refractivity contribution in [3.63, 3.8) is 0 Å². The van der Waals surface area contributed by atoms with Gasteiger partial charge in [0.05, 0.1) is 24.7 Å². The molecule has 0 aromatic heterocycles. The number of aliphatic hydroxyl groups excluding tert-OH is 2. The maximum atomic E-state index is 12.7. The predicted octanol–water partition coefficient (Wildman–Crippen LogP) is -5.46. The molecule has 6 unspecified atom stereocenters. The number of amides is 4. The lowest BCUT2D eigenvalue weighted by molar-refractivity contribution is -0.146. The van der Waals surface area contributed by atoms with E-state index < -0.39 is 72.4 Å². The Bertz CT molecular complexity index is 769. The van der Waals surface area contributed by atoms with E-state index in [0.717, 1.165) is 13.8 Å². The molecule has 0 aliphatic rings. The van der Waals surface area contributed by atoms with Crippen molar-refractivity contribution in [3.05, 3.63) is 0 Å². The van der Waals surface area contributed by atoms with Crippen LogP contribution in [0.15, 0.2) is 4.99 Å². The number of aliphatic hydroxyl groups is 2. The van der Waals surface area contributed by atoms with E-state index in [1.165, 1.54) is 0 Å². The standard InChI is InChI=1S/C18H34N8O8/c1-7(27)12(16(32)26-13(8(2)28)17(33)34)25-15(31)10(6-11(20)29)24-14(30)9(19)4-3-5-23-18(21)22/h7-10,12-13,27-28H,3-6,19H2,1-2H3,(H2,20,29)(H,24,30)(H,25,31)(H,26,32)(H,33,34)(H4,21,22,23). The van der Waals surface area contributed by atoms with Crippen LogP contribution in [0.5, 0.6) is 0 Å². The number of hydrogen-bond acceptors (Lipinski definition) is 9. The van der Waals surface area contributed by atoms with Crippen molar-refractivity contribution >= 4 is 35.6 Å². The Labute approximate surface area is 195 Å². The van der Waals surface area contributed by atoms with Crippen molar-refractivity contribution in [1.82, 2.24) is 16.0 Å². The molecule has 0 aliphatic carbocycles. The van der Waals surface area contributed by atoms with E-state index in [9.17, 15) is 34.2 Å². The number of guanidine groups is 1. The van der Waals surface area contributed by atoms with Crippen LogP contribution in [0.2, 0.25) is 0 Å². The molecule has 0 heterocycles. The monoisotopic (exact) mass is 490 g/mol. The summed E-state index contributed by atoms with van der Waals surface area (Å²) in [6, 6.07) is -6.04. The van der Waals surface area contributed by atoms with Gasteiger partial charge in [-0.15, -0.1) is 0 Å². The van der Waals surface area contributed by atoms with Gasteiger partial charge in [-0.2, -0.15) is 0 Å². The number of carboxylic acids is 1. The molecule has 4 amide bonds. The zero-order valence-corrected chi connectivity index (χ0v) is 18.9. The van der Waals surface area contributed by atoms with Gasteiger partial charge in [-0.3, -0.25) is 24.2 Å². The number of nitrogens with zero attached hydrogens (tertiary/aromatic N) is 1. The van der Waals surface area contributed by atoms with E-state index in [1.807, 2.05) is 5.32 Å². The van der Waals surface area contributed by atoms with Crippen LogP contribution in [0.1, 0.15) is 33.1 Å². The van der Waals surface area contributed by atoms with Gasteiger partial charge in [-0.25, -0.2) is 4.79 Å². The first-order valence-electron chi connectivity index (χ1n) is 10.3. The van der Waals surface area contributed by atoms with Crippen LogP contribution in [0.4, 0.5) is 0 Å². The Morgan fingerprint density at radius 2 is 1.38 bits per heavy atom. The largest absolute Gasteiger partial charge is 0.480 e. The fraction of sp³-hybridized carbons (Fsp3) is 0.667. The highest BCUT2D eigenvalue weighted by molar-refractivity contribution is 5.96. The van der Waals surface area contributed by atoms with Crippen LogP contribution in [0.3, 0.4) is 0 Å². The SMILES string of the molecule is CC(O)C(NC(=O)C(NC(=O)C(CC(N)=O)NC(=O)C(N)CCCN=C(N)N)C(C)O)C(=O)O. The van der Waals surface area contributed by atoms with Gasteiger partial charge in [0.1, 0.15) is 12.1 Å². The Hall–Kier alpha value is -3.50. The maximum Gasteiger partial charge on any atom is 0.328 e. The molecule has 0 saturated heterocycles. The van der Waals surface area contributed by atoms with Crippen LogP contribution in [-0.4, -0.2) is 93.8 Å². The van der Waals surface area contributed by atoms with Crippen molar-refractivity contribution in [2.45, 2.75) is 69.5 Å². The van der Waals surface area contributed by atoms with Crippen molar-refractivity contribution in [2.24, 2.45) is 27.9 Å². The molecule has 0 aromatic carbocycles. The number of hydrogen-bond donors (Lipinski definition) is 10. The van der Waals surface area contributed by atoms with Crippen LogP contribution < -0.4 is 38.9 Å². The quantitative estimate of drug-likeness (QED) is 0.0586. The van der Waals surface area contributed by atoms with Gasteiger partial charge >= 0.3 is 5.97 Å². The lowest BCUT2D eigenvalue weighted by Crippen LogP contribution is -2.61. The molecule has 16 nitrogen and oxygen atoms in total. The van der Waals surface area contributed by atoms with Crippen molar-refractivity contribution in [3.8, 4) is 0 Å². The molecular weight excluding hydrogens is 456 g/mol. The third kappa shape index (κ3) is 11.4. The van der Waals surface area contributed by atoms with Crippen LogP contribution >= 0.6 is 0 Å². The van der Waals surface area contributed by atoms with E-state index in [0.29, 0.717) is 6.42 Å². The van der Waals surface area contributed by atoms with Gasteiger partial charge in [-0.1, -0.05) is 0 Å². The molecule has 0 fully saturated rings. The van der Waals surface area contributed by atoms with E-state index in [-0.39, 0.29) is 18.9 Å². The van der Waals surface area contributed by atoms with Gasteiger partial charge in [0.25, 0.3) is 0 Å². The topological polar surface area (TPSA) is 299 Å². The Morgan fingerprint density at radius 1 is 0.853 bits per heavy atom. The molecule has 6 atom stereocenters. The Balaban J connectivity index is 5.33. The minimum atomic E-state index is -1.72. The summed E-state index contributed by atoms with van der Waals surface area (Å²) in [7, 11) is 0. The molecule has 0 aliphatic heterocycles. The second kappa shape index (κ2) is 14.6. The average molecular weight is 491 g/mol. The maximum absolute atomic E-state index is 12.7. The number of rotatable bonds is 15. The lowest BCUT2D eigenvalue weighted by atomic mass is 10.1. The summed E-state index contributed by atoms with van der Waals surface area (Å²) >= 11 is 0. The number of aliphatic carboxylic acids is 1. The number of carbonyl (C=O) groups is 5. The third-order valence-corrected chi connectivity index (χ3v) is 4.45. The number of aliphatic imine (C=N–C) groups is 1. The fourth-order valence-corrected chi connectivity index (χ4v) is 2.63. The molecule has 0 bridgehead atoms. The third-order valence-electron chi connectivity index (χ3n) is 4.45.